The van der Waals surface area contributed by atoms with Gasteiger partial charge in [0.2, 0.25) is 5.91 Å². The summed E-state index contributed by atoms with van der Waals surface area (Å²) in [6.07, 6.45) is 0.742. The van der Waals surface area contributed by atoms with Gasteiger partial charge < -0.3 is 19.8 Å². The Morgan fingerprint density at radius 1 is 1.12 bits per heavy atom. The number of piperidine rings is 1. The minimum atomic E-state index is -1.32. The molecule has 1 saturated heterocycles. The Balaban J connectivity index is 1.67. The molecule has 2 aliphatic rings. The molecular formula is C17H19NO6. The number of aliphatic carboxylic acids is 2. The minimum Gasteiger partial charge on any atom is -0.496 e. The monoisotopic (exact) mass is 333 g/mol. The Kier molecular flexibility index (Phi) is 3.74. The van der Waals surface area contributed by atoms with Crippen LogP contribution >= 0.6 is 0 Å². The van der Waals surface area contributed by atoms with Crippen LogP contribution in [0.3, 0.4) is 0 Å². The van der Waals surface area contributed by atoms with Gasteiger partial charge in [-0.05, 0) is 24.5 Å². The highest BCUT2D eigenvalue weighted by Crippen LogP contribution is 2.68. The third-order valence-corrected chi connectivity index (χ3v) is 5.29. The highest BCUT2D eigenvalue weighted by molar-refractivity contribution is 5.96. The van der Waals surface area contributed by atoms with Crippen LogP contribution in [0.4, 0.5) is 0 Å². The third kappa shape index (κ3) is 2.23. The molecule has 1 aromatic rings. The lowest BCUT2D eigenvalue weighted by Gasteiger charge is -2.20. The smallest absolute Gasteiger partial charge is 0.312 e. The number of carboxylic acids is 2. The molecule has 2 N–H and O–H groups in total. The number of carbonyl (C=O) groups excluding carboxylic acids is 1. The standard InChI is InChI=1S/C17H19NO6/c1-24-12-5-3-2-4-11(12)6-7-13(19)18-9-16(14(20)21)8-17(16,10-18)15(22)23/h2-5H,6-10H2,1H3,(H,20,21)(H,22,23)/t16-,17+. The molecule has 1 heterocycles. The fraction of sp³-hybridized carbons (Fsp3) is 0.471. The highest BCUT2D eigenvalue weighted by Gasteiger charge is 2.81. The second-order valence-corrected chi connectivity index (χ2v) is 6.51. The fourth-order valence-corrected chi connectivity index (χ4v) is 3.77. The zero-order valence-corrected chi connectivity index (χ0v) is 13.3. The van der Waals surface area contributed by atoms with E-state index in [0.717, 1.165) is 5.56 Å². The Morgan fingerprint density at radius 3 is 2.25 bits per heavy atom. The number of hydrogen-bond donors (Lipinski definition) is 2. The molecule has 1 aliphatic carbocycles. The topological polar surface area (TPSA) is 104 Å². The van der Waals surface area contributed by atoms with Crippen LogP contribution in [0.5, 0.6) is 5.75 Å². The van der Waals surface area contributed by atoms with Gasteiger partial charge in [0.15, 0.2) is 0 Å². The van der Waals surface area contributed by atoms with Crippen LogP contribution in [0.25, 0.3) is 0 Å². The molecule has 0 spiro atoms. The van der Waals surface area contributed by atoms with Gasteiger partial charge in [-0.25, -0.2) is 0 Å². The van der Waals surface area contributed by atoms with Gasteiger partial charge in [-0.2, -0.15) is 0 Å². The van der Waals surface area contributed by atoms with E-state index in [9.17, 15) is 24.6 Å². The van der Waals surface area contributed by atoms with Crippen molar-refractivity contribution in [3.63, 3.8) is 0 Å². The number of nitrogens with zero attached hydrogens (tertiary/aromatic N) is 1. The van der Waals surface area contributed by atoms with Crippen molar-refractivity contribution in [1.82, 2.24) is 4.90 Å². The summed E-state index contributed by atoms with van der Waals surface area (Å²) in [6.45, 7) is -0.0568. The molecule has 24 heavy (non-hydrogen) atoms. The average Bonchev–Trinajstić information content (AvgIpc) is 3.11. The van der Waals surface area contributed by atoms with Crippen molar-refractivity contribution in [2.75, 3.05) is 20.2 Å². The molecule has 1 amide bonds. The van der Waals surface area contributed by atoms with E-state index in [1.165, 1.54) is 4.90 Å². The number of carboxylic acid groups (broad SMARTS) is 2. The van der Waals surface area contributed by atoms with Crippen LogP contribution in [-0.2, 0) is 20.8 Å². The fourth-order valence-electron chi connectivity index (χ4n) is 3.77. The first-order valence-electron chi connectivity index (χ1n) is 7.73. The Labute approximate surface area is 138 Å². The van der Waals surface area contributed by atoms with Crippen molar-refractivity contribution < 1.29 is 29.3 Å². The Bertz CT molecular complexity index is 689. The Morgan fingerprint density at radius 2 is 1.71 bits per heavy atom. The van der Waals surface area contributed by atoms with Gasteiger partial charge in [0.1, 0.15) is 16.6 Å². The first kappa shape index (κ1) is 16.3. The van der Waals surface area contributed by atoms with Crippen molar-refractivity contribution in [3.8, 4) is 5.75 Å². The molecule has 3 rings (SSSR count). The molecule has 128 valence electrons. The number of para-hydroxylation sites is 1. The van der Waals surface area contributed by atoms with E-state index in [2.05, 4.69) is 0 Å². The summed E-state index contributed by atoms with van der Waals surface area (Å²) >= 11 is 0. The maximum Gasteiger partial charge on any atom is 0.312 e. The predicted octanol–water partition coefficient (Wildman–Crippen LogP) is 1.02. The molecule has 1 saturated carbocycles. The average molecular weight is 333 g/mol. The maximum atomic E-state index is 12.4. The molecular weight excluding hydrogens is 314 g/mol. The summed E-state index contributed by atoms with van der Waals surface area (Å²) in [6, 6.07) is 7.37. The SMILES string of the molecule is COc1ccccc1CCC(=O)N1C[C@@]2(C(=O)O)C[C@@]2(C(=O)O)C1. The van der Waals surface area contributed by atoms with Crippen LogP contribution < -0.4 is 4.74 Å². The molecule has 1 aromatic carbocycles. The second-order valence-electron chi connectivity index (χ2n) is 6.51. The summed E-state index contributed by atoms with van der Waals surface area (Å²) in [5, 5.41) is 18.8. The normalized spacial score (nSPS) is 27.5. The lowest BCUT2D eigenvalue weighted by atomic mass is 9.97. The lowest BCUT2D eigenvalue weighted by molar-refractivity contribution is -0.151. The van der Waals surface area contributed by atoms with Crippen molar-refractivity contribution >= 4 is 17.8 Å². The number of amides is 1. The molecule has 0 unspecified atom stereocenters. The van der Waals surface area contributed by atoms with Gasteiger partial charge >= 0.3 is 11.9 Å². The van der Waals surface area contributed by atoms with Gasteiger partial charge in [-0.3, -0.25) is 14.4 Å². The summed E-state index contributed by atoms with van der Waals surface area (Å²) < 4.78 is 5.24. The van der Waals surface area contributed by atoms with Gasteiger partial charge in [-0.1, -0.05) is 18.2 Å². The molecule has 0 radical (unpaired) electrons. The largest absolute Gasteiger partial charge is 0.496 e. The second kappa shape index (κ2) is 5.51. The van der Waals surface area contributed by atoms with Crippen molar-refractivity contribution in [1.29, 1.82) is 0 Å². The van der Waals surface area contributed by atoms with Gasteiger partial charge in [0.25, 0.3) is 0 Å². The molecule has 2 fully saturated rings. The van der Waals surface area contributed by atoms with Gasteiger partial charge in [0.05, 0.1) is 7.11 Å². The number of likely N-dealkylation sites (tertiary alicyclic amines) is 1. The summed E-state index contributed by atoms with van der Waals surface area (Å²) in [5.41, 5.74) is -1.75. The van der Waals surface area contributed by atoms with E-state index < -0.39 is 22.8 Å². The van der Waals surface area contributed by atoms with Crippen LogP contribution in [0.15, 0.2) is 24.3 Å². The molecule has 0 aromatic heterocycles. The van der Waals surface area contributed by atoms with E-state index in [-0.39, 0.29) is 31.8 Å². The zero-order chi connectivity index (χ0) is 17.5. The molecule has 0 bridgehead atoms. The van der Waals surface area contributed by atoms with Gasteiger partial charge in [0, 0.05) is 19.5 Å². The lowest BCUT2D eigenvalue weighted by Crippen LogP contribution is -2.34. The number of fused-ring (bicyclic) bond motifs is 1. The molecule has 7 nitrogen and oxygen atoms in total. The molecule has 1 aliphatic heterocycles. The van der Waals surface area contributed by atoms with E-state index in [0.29, 0.717) is 12.2 Å². The van der Waals surface area contributed by atoms with Crippen LogP contribution in [0.2, 0.25) is 0 Å². The van der Waals surface area contributed by atoms with Gasteiger partial charge in [-0.15, -0.1) is 0 Å². The summed E-state index contributed by atoms with van der Waals surface area (Å²) in [4.78, 5) is 36.8. The minimum absolute atomic E-state index is 0.0284. The van der Waals surface area contributed by atoms with Crippen LogP contribution in [-0.4, -0.2) is 53.2 Å². The predicted molar refractivity (Wildman–Crippen MR) is 82.6 cm³/mol. The van der Waals surface area contributed by atoms with E-state index in [1.54, 1.807) is 7.11 Å². The number of ether oxygens (including phenoxy) is 1. The Hall–Kier alpha value is -2.57. The number of aryl methyl sites for hydroxylation is 1. The highest BCUT2D eigenvalue weighted by atomic mass is 16.5. The summed E-state index contributed by atoms with van der Waals surface area (Å²) in [5.74, 6) is -1.80. The van der Waals surface area contributed by atoms with Crippen LogP contribution in [0, 0.1) is 10.8 Å². The summed E-state index contributed by atoms with van der Waals surface area (Å²) in [7, 11) is 1.56. The number of carbonyl (C=O) groups is 3. The third-order valence-electron chi connectivity index (χ3n) is 5.29. The van der Waals surface area contributed by atoms with Crippen molar-refractivity contribution in [3.05, 3.63) is 29.8 Å². The van der Waals surface area contributed by atoms with Crippen molar-refractivity contribution in [2.24, 2.45) is 10.8 Å². The zero-order valence-electron chi connectivity index (χ0n) is 13.3. The molecule has 7 heteroatoms. The van der Waals surface area contributed by atoms with E-state index in [4.69, 9.17) is 4.74 Å². The molecule has 2 atom stereocenters. The van der Waals surface area contributed by atoms with E-state index >= 15 is 0 Å². The van der Waals surface area contributed by atoms with E-state index in [1.807, 2.05) is 24.3 Å². The number of rotatable bonds is 6. The van der Waals surface area contributed by atoms with Crippen LogP contribution in [0.1, 0.15) is 18.4 Å². The number of methoxy groups -OCH3 is 1. The number of hydrogen-bond acceptors (Lipinski definition) is 4. The quantitative estimate of drug-likeness (QED) is 0.805. The first-order valence-corrected chi connectivity index (χ1v) is 7.73. The maximum absolute atomic E-state index is 12.4. The first-order chi connectivity index (χ1) is 11.4. The van der Waals surface area contributed by atoms with Crippen molar-refractivity contribution in [2.45, 2.75) is 19.3 Å². The number of benzene rings is 1.